The monoisotopic (exact) mass is 177 g/mol. The Morgan fingerprint density at radius 3 is 2.82 bits per heavy atom. The van der Waals surface area contributed by atoms with Gasteiger partial charge in [0.15, 0.2) is 0 Å². The van der Waals surface area contributed by atoms with Gasteiger partial charge in [-0.05, 0) is 12.8 Å². The molecule has 0 spiro atoms. The summed E-state index contributed by atoms with van der Waals surface area (Å²) >= 11 is 0. The molecule has 1 aliphatic heterocycles. The van der Waals surface area contributed by atoms with Crippen LogP contribution in [0.2, 0.25) is 0 Å². The van der Waals surface area contributed by atoms with Crippen molar-refractivity contribution in [1.29, 1.82) is 0 Å². The molecular formula is C8H16ClNO. The number of hydrogen-bond donors (Lipinski definition) is 1. The number of halogens is 1. The molecule has 66 valence electrons. The Hall–Kier alpha value is 0.210. The van der Waals surface area contributed by atoms with Crippen molar-refractivity contribution in [1.82, 2.24) is 5.32 Å². The van der Waals surface area contributed by atoms with Gasteiger partial charge in [0.25, 0.3) is 0 Å². The minimum atomic E-state index is 0. The first-order chi connectivity index (χ1) is 4.97. The second-order valence-corrected chi connectivity index (χ2v) is 3.25. The zero-order chi connectivity index (χ0) is 6.81. The van der Waals surface area contributed by atoms with Gasteiger partial charge in [0, 0.05) is 12.6 Å². The van der Waals surface area contributed by atoms with Gasteiger partial charge < -0.3 is 10.1 Å². The Morgan fingerprint density at radius 2 is 2.00 bits per heavy atom. The van der Waals surface area contributed by atoms with E-state index in [1.165, 1.54) is 25.7 Å². The van der Waals surface area contributed by atoms with Gasteiger partial charge in [0.05, 0.1) is 12.7 Å². The van der Waals surface area contributed by atoms with Gasteiger partial charge in [-0.2, -0.15) is 0 Å². The van der Waals surface area contributed by atoms with E-state index in [1.807, 2.05) is 0 Å². The largest absolute Gasteiger partial charge is 0.375 e. The summed E-state index contributed by atoms with van der Waals surface area (Å²) in [6, 6.07) is 0.683. The lowest BCUT2D eigenvalue weighted by Gasteiger charge is -2.36. The number of nitrogens with one attached hydrogen (secondary N) is 1. The summed E-state index contributed by atoms with van der Waals surface area (Å²) in [5.74, 6) is 0. The van der Waals surface area contributed by atoms with Crippen LogP contribution in [0.3, 0.4) is 0 Å². The van der Waals surface area contributed by atoms with Crippen LogP contribution < -0.4 is 5.32 Å². The number of rotatable bonds is 0. The van der Waals surface area contributed by atoms with E-state index in [1.54, 1.807) is 0 Å². The normalized spacial score (nSPS) is 37.1. The molecule has 2 atom stereocenters. The highest BCUT2D eigenvalue weighted by Gasteiger charge is 2.27. The summed E-state index contributed by atoms with van der Waals surface area (Å²) in [6.45, 7) is 1.97. The number of hydrogen-bond acceptors (Lipinski definition) is 2. The van der Waals surface area contributed by atoms with Gasteiger partial charge in [0.2, 0.25) is 0 Å². The Balaban J connectivity index is 0.000000605. The van der Waals surface area contributed by atoms with Crippen LogP contribution in [0.15, 0.2) is 0 Å². The predicted molar refractivity (Wildman–Crippen MR) is 47.2 cm³/mol. The summed E-state index contributed by atoms with van der Waals surface area (Å²) in [5.41, 5.74) is 0. The third-order valence-electron chi connectivity index (χ3n) is 2.54. The van der Waals surface area contributed by atoms with Crippen molar-refractivity contribution in [2.24, 2.45) is 0 Å². The van der Waals surface area contributed by atoms with E-state index < -0.39 is 0 Å². The fourth-order valence-electron chi connectivity index (χ4n) is 1.98. The first-order valence-electron chi connectivity index (χ1n) is 4.32. The van der Waals surface area contributed by atoms with E-state index in [9.17, 15) is 0 Å². The Bertz CT molecular complexity index is 94.7. The molecule has 3 heteroatoms. The van der Waals surface area contributed by atoms with Crippen molar-refractivity contribution < 1.29 is 4.74 Å². The van der Waals surface area contributed by atoms with Crippen molar-refractivity contribution in [3.8, 4) is 0 Å². The maximum Gasteiger partial charge on any atom is 0.0728 e. The number of morpholine rings is 1. The van der Waals surface area contributed by atoms with E-state index in [0.29, 0.717) is 12.1 Å². The highest BCUT2D eigenvalue weighted by atomic mass is 35.5. The molecule has 0 aromatic rings. The van der Waals surface area contributed by atoms with E-state index in [4.69, 9.17) is 4.74 Å². The van der Waals surface area contributed by atoms with Crippen LogP contribution >= 0.6 is 12.4 Å². The molecule has 0 radical (unpaired) electrons. The molecule has 0 amide bonds. The van der Waals surface area contributed by atoms with Crippen LogP contribution in [0.1, 0.15) is 25.7 Å². The summed E-state index contributed by atoms with van der Waals surface area (Å²) in [4.78, 5) is 0. The molecule has 11 heavy (non-hydrogen) atoms. The minimum Gasteiger partial charge on any atom is -0.375 e. The van der Waals surface area contributed by atoms with Crippen molar-refractivity contribution in [3.63, 3.8) is 0 Å². The third-order valence-corrected chi connectivity index (χ3v) is 2.54. The highest BCUT2D eigenvalue weighted by Crippen LogP contribution is 2.22. The first kappa shape index (κ1) is 9.30. The minimum absolute atomic E-state index is 0. The van der Waals surface area contributed by atoms with E-state index in [0.717, 1.165) is 13.2 Å². The lowest BCUT2D eigenvalue weighted by atomic mass is 9.92. The topological polar surface area (TPSA) is 21.3 Å². The molecule has 0 aromatic carbocycles. The molecule has 0 aromatic heterocycles. The Kier molecular flexibility index (Phi) is 3.63. The molecule has 0 unspecified atom stereocenters. The van der Waals surface area contributed by atoms with Gasteiger partial charge >= 0.3 is 0 Å². The molecular weight excluding hydrogens is 162 g/mol. The molecule has 2 rings (SSSR count). The zero-order valence-corrected chi connectivity index (χ0v) is 7.53. The molecule has 1 aliphatic carbocycles. The molecule has 2 fully saturated rings. The summed E-state index contributed by atoms with van der Waals surface area (Å²) < 4.78 is 5.62. The van der Waals surface area contributed by atoms with Crippen LogP contribution in [0.4, 0.5) is 0 Å². The van der Waals surface area contributed by atoms with Gasteiger partial charge in [-0.25, -0.2) is 0 Å². The Labute approximate surface area is 74.1 Å². The van der Waals surface area contributed by atoms with E-state index in [2.05, 4.69) is 5.32 Å². The van der Waals surface area contributed by atoms with Crippen molar-refractivity contribution in [2.45, 2.75) is 37.8 Å². The zero-order valence-electron chi connectivity index (χ0n) is 6.71. The van der Waals surface area contributed by atoms with Crippen LogP contribution in [0, 0.1) is 0 Å². The average Bonchev–Trinajstić information content (AvgIpc) is 2.05. The fraction of sp³-hybridized carbons (Fsp3) is 1.00. The van der Waals surface area contributed by atoms with Gasteiger partial charge in [-0.3, -0.25) is 0 Å². The van der Waals surface area contributed by atoms with E-state index >= 15 is 0 Å². The van der Waals surface area contributed by atoms with Crippen molar-refractivity contribution >= 4 is 12.4 Å². The standard InChI is InChI=1S/C8H15NO.ClH/c1-2-4-8-7(3-1)9-5-6-10-8;/h7-9H,1-6H2;1H/t7-,8-;/m0./s1. The van der Waals surface area contributed by atoms with Crippen LogP contribution in [-0.4, -0.2) is 25.3 Å². The highest BCUT2D eigenvalue weighted by molar-refractivity contribution is 5.85. The van der Waals surface area contributed by atoms with Crippen LogP contribution in [0.5, 0.6) is 0 Å². The van der Waals surface area contributed by atoms with Crippen molar-refractivity contribution in [2.75, 3.05) is 13.2 Å². The van der Waals surface area contributed by atoms with Crippen LogP contribution in [-0.2, 0) is 4.74 Å². The molecule has 0 bridgehead atoms. The predicted octanol–water partition coefficient (Wildman–Crippen LogP) is 1.34. The quantitative estimate of drug-likeness (QED) is 0.603. The van der Waals surface area contributed by atoms with E-state index in [-0.39, 0.29) is 12.4 Å². The van der Waals surface area contributed by atoms with Crippen molar-refractivity contribution in [3.05, 3.63) is 0 Å². The molecule has 2 nitrogen and oxygen atoms in total. The Morgan fingerprint density at radius 1 is 1.18 bits per heavy atom. The lowest BCUT2D eigenvalue weighted by Crippen LogP contribution is -2.49. The molecule has 1 N–H and O–H groups in total. The maximum absolute atomic E-state index is 5.62. The average molecular weight is 178 g/mol. The third kappa shape index (κ3) is 2.08. The molecule has 2 aliphatic rings. The van der Waals surface area contributed by atoms with Crippen LogP contribution in [0.25, 0.3) is 0 Å². The molecule has 1 saturated carbocycles. The van der Waals surface area contributed by atoms with Gasteiger partial charge in [-0.15, -0.1) is 12.4 Å². The number of ether oxygens (including phenoxy) is 1. The molecule has 1 saturated heterocycles. The second-order valence-electron chi connectivity index (χ2n) is 3.25. The van der Waals surface area contributed by atoms with Gasteiger partial charge in [0.1, 0.15) is 0 Å². The molecule has 1 heterocycles. The lowest BCUT2D eigenvalue weighted by molar-refractivity contribution is -0.0235. The maximum atomic E-state index is 5.62. The summed E-state index contributed by atoms with van der Waals surface area (Å²) in [6.07, 6.45) is 5.89. The summed E-state index contributed by atoms with van der Waals surface area (Å²) in [7, 11) is 0. The smallest absolute Gasteiger partial charge is 0.0728 e. The van der Waals surface area contributed by atoms with Gasteiger partial charge in [-0.1, -0.05) is 12.8 Å². The SMILES string of the molecule is C1CC[C@@H]2OCCN[C@H]2C1.Cl. The second kappa shape index (κ2) is 4.29. The summed E-state index contributed by atoms with van der Waals surface area (Å²) in [5, 5.41) is 3.50. The fourth-order valence-corrected chi connectivity index (χ4v) is 1.98. The number of fused-ring (bicyclic) bond motifs is 1. The first-order valence-corrected chi connectivity index (χ1v) is 4.32.